The van der Waals surface area contributed by atoms with Crippen LogP contribution in [0.1, 0.15) is 21.7 Å². The highest BCUT2D eigenvalue weighted by Crippen LogP contribution is 2.20. The van der Waals surface area contributed by atoms with E-state index in [1.54, 1.807) is 37.3 Å². The molecular weight excluding hydrogens is 297 g/mol. The van der Waals surface area contributed by atoms with Crippen molar-refractivity contribution in [1.29, 1.82) is 0 Å². The van der Waals surface area contributed by atoms with E-state index in [2.05, 4.69) is 20.3 Å². The van der Waals surface area contributed by atoms with Crippen LogP contribution in [-0.4, -0.2) is 16.2 Å². The van der Waals surface area contributed by atoms with Gasteiger partial charge >= 0.3 is 0 Å². The number of rotatable bonds is 4. The third-order valence-corrected chi connectivity index (χ3v) is 3.47. The molecule has 1 heterocycles. The summed E-state index contributed by atoms with van der Waals surface area (Å²) in [4.78, 5) is 12.1. The van der Waals surface area contributed by atoms with Crippen molar-refractivity contribution in [3.05, 3.63) is 71.3 Å². The highest BCUT2D eigenvalue weighted by atomic mass is 19.1. The number of aromatic nitrogens is 2. The summed E-state index contributed by atoms with van der Waals surface area (Å²) in [5.41, 5.74) is 3.36. The maximum atomic E-state index is 13.2. The van der Waals surface area contributed by atoms with E-state index in [0.717, 1.165) is 11.1 Å². The molecule has 1 amide bonds. The van der Waals surface area contributed by atoms with Gasteiger partial charge in [0.25, 0.3) is 5.91 Å². The smallest absolute Gasteiger partial charge is 0.251 e. The Morgan fingerprint density at radius 2 is 1.91 bits per heavy atom. The van der Waals surface area contributed by atoms with E-state index in [4.69, 9.17) is 0 Å². The molecule has 3 rings (SSSR count). The second-order valence-electron chi connectivity index (χ2n) is 5.07. The second kappa shape index (κ2) is 6.39. The fraction of sp³-hybridized carbons (Fsp3) is 0.118. The van der Waals surface area contributed by atoms with Crippen molar-refractivity contribution in [3.8, 4) is 11.1 Å². The van der Waals surface area contributed by atoms with Crippen molar-refractivity contribution in [1.82, 2.24) is 15.6 Å². The summed E-state index contributed by atoms with van der Waals surface area (Å²) in [5, 5.41) is 10.1. The maximum Gasteiger partial charge on any atom is 0.251 e. The number of nitrogens with one attached hydrogen (secondary N) is 1. The van der Waals surface area contributed by atoms with Gasteiger partial charge in [-0.05, 0) is 42.3 Å². The molecule has 0 aliphatic carbocycles. The zero-order valence-corrected chi connectivity index (χ0v) is 12.4. The zero-order valence-electron chi connectivity index (χ0n) is 12.4. The standard InChI is InChI=1S/C17H14FN3O2/c1-11-16(21-23-20-11)10-19-17(22)13-7-5-12(6-8-13)14-3-2-4-15(18)9-14/h2-9H,10H2,1H3,(H,19,22). The van der Waals surface area contributed by atoms with Gasteiger partial charge in [-0.25, -0.2) is 9.02 Å². The number of halogens is 1. The molecule has 0 spiro atoms. The fourth-order valence-corrected chi connectivity index (χ4v) is 2.16. The van der Waals surface area contributed by atoms with Crippen LogP contribution in [0.4, 0.5) is 4.39 Å². The predicted molar refractivity (Wildman–Crippen MR) is 82.0 cm³/mol. The van der Waals surface area contributed by atoms with Crippen LogP contribution in [0.5, 0.6) is 0 Å². The lowest BCUT2D eigenvalue weighted by molar-refractivity contribution is 0.0950. The van der Waals surface area contributed by atoms with E-state index in [-0.39, 0.29) is 18.3 Å². The maximum absolute atomic E-state index is 13.2. The average Bonchev–Trinajstić information content (AvgIpc) is 2.98. The van der Waals surface area contributed by atoms with Crippen molar-refractivity contribution in [2.45, 2.75) is 13.5 Å². The van der Waals surface area contributed by atoms with Gasteiger partial charge in [0.1, 0.15) is 17.2 Å². The van der Waals surface area contributed by atoms with Crippen molar-refractivity contribution < 1.29 is 13.8 Å². The Bertz CT molecular complexity index is 828. The van der Waals surface area contributed by atoms with E-state index >= 15 is 0 Å². The average molecular weight is 311 g/mol. The number of aryl methyl sites for hydroxylation is 1. The van der Waals surface area contributed by atoms with Crippen LogP contribution in [-0.2, 0) is 6.54 Å². The first-order valence-electron chi connectivity index (χ1n) is 7.06. The molecule has 0 unspecified atom stereocenters. The summed E-state index contributed by atoms with van der Waals surface area (Å²) >= 11 is 0. The molecule has 1 aromatic heterocycles. The largest absolute Gasteiger partial charge is 0.346 e. The third-order valence-electron chi connectivity index (χ3n) is 3.47. The molecule has 0 bridgehead atoms. The number of amides is 1. The van der Waals surface area contributed by atoms with Crippen molar-refractivity contribution >= 4 is 5.91 Å². The first-order chi connectivity index (χ1) is 11.1. The predicted octanol–water partition coefficient (Wildman–Crippen LogP) is 3.11. The molecule has 0 atom stereocenters. The van der Waals surface area contributed by atoms with Crippen LogP contribution >= 0.6 is 0 Å². The number of benzene rings is 2. The lowest BCUT2D eigenvalue weighted by atomic mass is 10.0. The van der Waals surface area contributed by atoms with Gasteiger partial charge in [-0.3, -0.25) is 4.79 Å². The SMILES string of the molecule is Cc1nonc1CNC(=O)c1ccc(-c2cccc(F)c2)cc1. The Balaban J connectivity index is 1.69. The molecule has 1 N–H and O–H groups in total. The Hall–Kier alpha value is -3.02. The van der Waals surface area contributed by atoms with Crippen LogP contribution in [0.25, 0.3) is 11.1 Å². The summed E-state index contributed by atoms with van der Waals surface area (Å²) in [6.07, 6.45) is 0. The van der Waals surface area contributed by atoms with Crippen LogP contribution in [0.2, 0.25) is 0 Å². The number of nitrogens with zero attached hydrogens (tertiary/aromatic N) is 2. The Morgan fingerprint density at radius 1 is 1.13 bits per heavy atom. The quantitative estimate of drug-likeness (QED) is 0.804. The highest BCUT2D eigenvalue weighted by molar-refractivity contribution is 5.94. The molecule has 0 aliphatic rings. The molecule has 0 aliphatic heterocycles. The third kappa shape index (κ3) is 3.42. The minimum Gasteiger partial charge on any atom is -0.346 e. The van der Waals surface area contributed by atoms with Crippen LogP contribution in [0, 0.1) is 12.7 Å². The van der Waals surface area contributed by atoms with Gasteiger partial charge in [0.05, 0.1) is 6.54 Å². The summed E-state index contributed by atoms with van der Waals surface area (Å²) in [5.74, 6) is -0.515. The minimum absolute atomic E-state index is 0.224. The van der Waals surface area contributed by atoms with Gasteiger partial charge in [-0.1, -0.05) is 34.6 Å². The Morgan fingerprint density at radius 3 is 2.57 bits per heavy atom. The summed E-state index contributed by atoms with van der Waals surface area (Å²) in [7, 11) is 0. The lowest BCUT2D eigenvalue weighted by Gasteiger charge is -2.06. The lowest BCUT2D eigenvalue weighted by Crippen LogP contribution is -2.23. The molecular formula is C17H14FN3O2. The van der Waals surface area contributed by atoms with Gasteiger partial charge in [0.2, 0.25) is 0 Å². The Kier molecular flexibility index (Phi) is 4.14. The molecule has 6 heteroatoms. The topological polar surface area (TPSA) is 68.0 Å². The van der Waals surface area contributed by atoms with Crippen molar-refractivity contribution in [2.75, 3.05) is 0 Å². The molecule has 5 nitrogen and oxygen atoms in total. The molecule has 23 heavy (non-hydrogen) atoms. The van der Waals surface area contributed by atoms with Crippen molar-refractivity contribution in [3.63, 3.8) is 0 Å². The first-order valence-corrected chi connectivity index (χ1v) is 7.06. The summed E-state index contributed by atoms with van der Waals surface area (Å²) < 4.78 is 17.8. The van der Waals surface area contributed by atoms with E-state index < -0.39 is 0 Å². The highest BCUT2D eigenvalue weighted by Gasteiger charge is 2.09. The van der Waals surface area contributed by atoms with Crippen molar-refractivity contribution in [2.24, 2.45) is 0 Å². The van der Waals surface area contributed by atoms with Gasteiger partial charge < -0.3 is 5.32 Å². The van der Waals surface area contributed by atoms with E-state index in [0.29, 0.717) is 17.0 Å². The number of carbonyl (C=O) groups is 1. The monoisotopic (exact) mass is 311 g/mol. The molecule has 0 saturated heterocycles. The van der Waals surface area contributed by atoms with E-state index in [1.165, 1.54) is 12.1 Å². The normalized spacial score (nSPS) is 10.5. The van der Waals surface area contributed by atoms with E-state index in [1.807, 2.05) is 6.07 Å². The number of carbonyl (C=O) groups excluding carboxylic acids is 1. The minimum atomic E-state index is -0.291. The van der Waals surface area contributed by atoms with Gasteiger partial charge in [-0.2, -0.15) is 0 Å². The molecule has 2 aromatic carbocycles. The van der Waals surface area contributed by atoms with Crippen LogP contribution in [0.3, 0.4) is 0 Å². The number of hydrogen-bond acceptors (Lipinski definition) is 4. The van der Waals surface area contributed by atoms with Gasteiger partial charge in [-0.15, -0.1) is 0 Å². The zero-order chi connectivity index (χ0) is 16.2. The van der Waals surface area contributed by atoms with E-state index in [9.17, 15) is 9.18 Å². The summed E-state index contributed by atoms with van der Waals surface area (Å²) in [6, 6.07) is 13.3. The molecule has 0 radical (unpaired) electrons. The van der Waals surface area contributed by atoms with Crippen LogP contribution < -0.4 is 5.32 Å². The van der Waals surface area contributed by atoms with Gasteiger partial charge in [0, 0.05) is 5.56 Å². The first kappa shape index (κ1) is 14.9. The molecule has 0 saturated carbocycles. The second-order valence-corrected chi connectivity index (χ2v) is 5.07. The van der Waals surface area contributed by atoms with Gasteiger partial charge in [0.15, 0.2) is 0 Å². The number of hydrogen-bond donors (Lipinski definition) is 1. The Labute approximate surface area is 132 Å². The molecule has 0 fully saturated rings. The molecule has 116 valence electrons. The summed E-state index contributed by atoms with van der Waals surface area (Å²) in [6.45, 7) is 2.01. The fourth-order valence-electron chi connectivity index (χ4n) is 2.16. The molecule has 3 aromatic rings. The van der Waals surface area contributed by atoms with Crippen LogP contribution in [0.15, 0.2) is 53.2 Å².